The number of rotatable bonds is 7. The molecule has 5 nitrogen and oxygen atoms in total. The monoisotopic (exact) mass is 365 g/mol. The largest absolute Gasteiger partial charge is 0.389 e. The van der Waals surface area contributed by atoms with E-state index in [1.54, 1.807) is 19.1 Å². The first-order valence-corrected chi connectivity index (χ1v) is 8.43. The Morgan fingerprint density at radius 1 is 1.45 bits per heavy atom. The molecule has 0 saturated heterocycles. The summed E-state index contributed by atoms with van der Waals surface area (Å²) < 4.78 is 32.4. The van der Waals surface area contributed by atoms with E-state index in [9.17, 15) is 13.5 Å². The average molecular weight is 366 g/mol. The first-order valence-electron chi connectivity index (χ1n) is 6.15. The highest BCUT2D eigenvalue weighted by Crippen LogP contribution is 2.20. The zero-order valence-corrected chi connectivity index (χ0v) is 14.2. The van der Waals surface area contributed by atoms with Crippen molar-refractivity contribution >= 4 is 26.0 Å². The Kier molecular flexibility index (Phi) is 6.15. The molecule has 1 aromatic rings. The van der Waals surface area contributed by atoms with Gasteiger partial charge < -0.3 is 9.84 Å². The van der Waals surface area contributed by atoms with Gasteiger partial charge in [-0.25, -0.2) is 13.1 Å². The van der Waals surface area contributed by atoms with Crippen LogP contribution >= 0.6 is 15.9 Å². The lowest BCUT2D eigenvalue weighted by Crippen LogP contribution is -2.41. The second-order valence-electron chi connectivity index (χ2n) is 4.98. The minimum Gasteiger partial charge on any atom is -0.389 e. The Labute approximate surface area is 128 Å². The minimum atomic E-state index is -3.63. The quantitative estimate of drug-likeness (QED) is 0.772. The molecule has 0 fully saturated rings. The number of benzene rings is 1. The third kappa shape index (κ3) is 5.14. The van der Waals surface area contributed by atoms with Gasteiger partial charge in [0.25, 0.3) is 0 Å². The molecular weight excluding hydrogens is 346 g/mol. The van der Waals surface area contributed by atoms with Crippen molar-refractivity contribution in [2.75, 3.05) is 20.3 Å². The van der Waals surface area contributed by atoms with Crippen LogP contribution in [0.3, 0.4) is 0 Å². The van der Waals surface area contributed by atoms with Gasteiger partial charge in [-0.05, 0) is 37.6 Å². The number of hydrogen-bond donors (Lipinski definition) is 2. The highest BCUT2D eigenvalue weighted by Gasteiger charge is 2.24. The number of aryl methyl sites for hydroxylation is 1. The molecule has 0 aliphatic heterocycles. The maximum Gasteiger partial charge on any atom is 0.240 e. The molecule has 1 rings (SSSR count). The molecule has 1 aromatic carbocycles. The molecule has 0 bridgehead atoms. The number of ether oxygens (including phenoxy) is 1. The third-order valence-corrected chi connectivity index (χ3v) is 5.22. The molecule has 0 saturated carbocycles. The van der Waals surface area contributed by atoms with Crippen molar-refractivity contribution in [2.45, 2.75) is 30.8 Å². The van der Waals surface area contributed by atoms with Crippen molar-refractivity contribution in [3.05, 3.63) is 28.2 Å². The zero-order valence-electron chi connectivity index (χ0n) is 11.8. The summed E-state index contributed by atoms with van der Waals surface area (Å²) >= 11 is 3.33. The Morgan fingerprint density at radius 2 is 2.10 bits per heavy atom. The topological polar surface area (TPSA) is 75.6 Å². The number of sulfonamides is 1. The highest BCUT2D eigenvalue weighted by molar-refractivity contribution is 9.10. The number of halogens is 1. The van der Waals surface area contributed by atoms with Crippen LogP contribution < -0.4 is 4.72 Å². The fourth-order valence-corrected chi connectivity index (χ4v) is 3.02. The van der Waals surface area contributed by atoms with E-state index in [-0.39, 0.29) is 11.4 Å². The van der Waals surface area contributed by atoms with Crippen LogP contribution in [0.1, 0.15) is 18.9 Å². The molecule has 1 unspecified atom stereocenters. The molecule has 0 aliphatic carbocycles. The summed E-state index contributed by atoms with van der Waals surface area (Å²) in [7, 11) is -2.10. The van der Waals surface area contributed by atoms with Crippen molar-refractivity contribution in [3.8, 4) is 0 Å². The van der Waals surface area contributed by atoms with E-state index in [4.69, 9.17) is 4.74 Å². The third-order valence-electron chi connectivity index (χ3n) is 2.93. The first-order chi connectivity index (χ1) is 9.18. The van der Waals surface area contributed by atoms with E-state index in [1.165, 1.54) is 13.2 Å². The first kappa shape index (κ1) is 17.6. The van der Waals surface area contributed by atoms with E-state index in [1.807, 2.05) is 6.92 Å². The standard InChI is InChI=1S/C13H20BrNO4S/c1-10-8-11(4-5-12(10)14)20(17,18)15-9-13(2,16)6-7-19-3/h4-5,8,15-16H,6-7,9H2,1-3H3. The van der Waals surface area contributed by atoms with E-state index in [0.717, 1.165) is 10.0 Å². The fraction of sp³-hybridized carbons (Fsp3) is 0.538. The maximum absolute atomic E-state index is 12.1. The van der Waals surface area contributed by atoms with Gasteiger partial charge in [-0.3, -0.25) is 0 Å². The number of methoxy groups -OCH3 is 1. The summed E-state index contributed by atoms with van der Waals surface area (Å²) in [5.41, 5.74) is -0.313. The van der Waals surface area contributed by atoms with Gasteiger partial charge in [0.1, 0.15) is 0 Å². The lowest BCUT2D eigenvalue weighted by atomic mass is 10.0. The molecule has 114 valence electrons. The molecule has 2 N–H and O–H groups in total. The molecule has 0 spiro atoms. The van der Waals surface area contributed by atoms with E-state index < -0.39 is 15.6 Å². The molecular formula is C13H20BrNO4S. The smallest absolute Gasteiger partial charge is 0.240 e. The molecule has 0 aliphatic rings. The minimum absolute atomic E-state index is 0.0617. The van der Waals surface area contributed by atoms with Gasteiger partial charge in [0, 0.05) is 31.2 Å². The lowest BCUT2D eigenvalue weighted by molar-refractivity contribution is 0.0292. The van der Waals surface area contributed by atoms with Gasteiger partial charge >= 0.3 is 0 Å². The van der Waals surface area contributed by atoms with Crippen LogP contribution in [0.15, 0.2) is 27.6 Å². The van der Waals surface area contributed by atoms with Crippen molar-refractivity contribution in [2.24, 2.45) is 0 Å². The summed E-state index contributed by atoms with van der Waals surface area (Å²) in [6, 6.07) is 4.78. The predicted octanol–water partition coefficient (Wildman–Crippen LogP) is 1.82. The van der Waals surface area contributed by atoms with Gasteiger partial charge in [-0.1, -0.05) is 15.9 Å². The predicted molar refractivity (Wildman–Crippen MR) is 81.2 cm³/mol. The van der Waals surface area contributed by atoms with Crippen LogP contribution in [0.4, 0.5) is 0 Å². The fourth-order valence-electron chi connectivity index (χ4n) is 1.53. The van der Waals surface area contributed by atoms with E-state index >= 15 is 0 Å². The van der Waals surface area contributed by atoms with Gasteiger partial charge in [-0.2, -0.15) is 0 Å². The summed E-state index contributed by atoms with van der Waals surface area (Å²) in [5, 5.41) is 10.0. The van der Waals surface area contributed by atoms with Crippen molar-refractivity contribution in [1.29, 1.82) is 0 Å². The molecule has 7 heteroatoms. The van der Waals surface area contributed by atoms with Gasteiger partial charge in [-0.15, -0.1) is 0 Å². The summed E-state index contributed by atoms with van der Waals surface area (Å²) in [4.78, 5) is 0.181. The molecule has 20 heavy (non-hydrogen) atoms. The van der Waals surface area contributed by atoms with Crippen molar-refractivity contribution in [1.82, 2.24) is 4.72 Å². The lowest BCUT2D eigenvalue weighted by Gasteiger charge is -2.23. The SMILES string of the molecule is COCCC(C)(O)CNS(=O)(=O)c1ccc(Br)c(C)c1. The Hall–Kier alpha value is -0.470. The summed E-state index contributed by atoms with van der Waals surface area (Å²) in [5.74, 6) is 0. The number of hydrogen-bond acceptors (Lipinski definition) is 4. The summed E-state index contributed by atoms with van der Waals surface area (Å²) in [6.45, 7) is 3.69. The van der Waals surface area contributed by atoms with E-state index in [2.05, 4.69) is 20.7 Å². The molecule has 0 amide bonds. The Morgan fingerprint density at radius 3 is 2.65 bits per heavy atom. The number of nitrogens with one attached hydrogen (secondary N) is 1. The average Bonchev–Trinajstić information content (AvgIpc) is 2.37. The van der Waals surface area contributed by atoms with Crippen LogP contribution in [-0.2, 0) is 14.8 Å². The van der Waals surface area contributed by atoms with Crippen LogP contribution in [0.5, 0.6) is 0 Å². The Balaban J connectivity index is 2.77. The van der Waals surface area contributed by atoms with Crippen LogP contribution in [0.25, 0.3) is 0 Å². The molecule has 0 aromatic heterocycles. The molecule has 1 atom stereocenters. The number of aliphatic hydroxyl groups is 1. The molecule has 0 heterocycles. The van der Waals surface area contributed by atoms with Crippen molar-refractivity contribution < 1.29 is 18.3 Å². The van der Waals surface area contributed by atoms with Gasteiger partial charge in [0.15, 0.2) is 0 Å². The van der Waals surface area contributed by atoms with Crippen LogP contribution in [0.2, 0.25) is 0 Å². The summed E-state index contributed by atoms with van der Waals surface area (Å²) in [6.07, 6.45) is 0.353. The van der Waals surface area contributed by atoms with Crippen LogP contribution in [0, 0.1) is 6.92 Å². The second-order valence-corrected chi connectivity index (χ2v) is 7.60. The van der Waals surface area contributed by atoms with Gasteiger partial charge in [0.2, 0.25) is 10.0 Å². The molecule has 0 radical (unpaired) electrons. The second kappa shape index (κ2) is 7.00. The Bertz CT molecular complexity index is 557. The maximum atomic E-state index is 12.1. The van der Waals surface area contributed by atoms with Gasteiger partial charge in [0.05, 0.1) is 10.5 Å². The van der Waals surface area contributed by atoms with E-state index in [0.29, 0.717) is 13.0 Å². The highest BCUT2D eigenvalue weighted by atomic mass is 79.9. The zero-order chi connectivity index (χ0) is 15.4. The van der Waals surface area contributed by atoms with Crippen molar-refractivity contribution in [3.63, 3.8) is 0 Å². The van der Waals surface area contributed by atoms with Crippen LogP contribution in [-0.4, -0.2) is 39.4 Å². The normalized spacial score (nSPS) is 15.1.